The van der Waals surface area contributed by atoms with Crippen LogP contribution in [-0.4, -0.2) is 21.9 Å². The van der Waals surface area contributed by atoms with Gasteiger partial charge >= 0.3 is 0 Å². The molecule has 2 aromatic rings. The molecule has 18 heavy (non-hydrogen) atoms. The van der Waals surface area contributed by atoms with Crippen LogP contribution in [0.5, 0.6) is 5.75 Å². The van der Waals surface area contributed by atoms with Gasteiger partial charge in [0.15, 0.2) is 0 Å². The van der Waals surface area contributed by atoms with Crippen molar-refractivity contribution >= 4 is 11.3 Å². The second-order valence-corrected chi connectivity index (χ2v) is 5.36. The van der Waals surface area contributed by atoms with Crippen LogP contribution in [0.3, 0.4) is 0 Å². The van der Waals surface area contributed by atoms with E-state index in [2.05, 4.69) is 23.9 Å². The number of aromatic nitrogens is 3. The van der Waals surface area contributed by atoms with Gasteiger partial charge in [-0.2, -0.15) is 5.10 Å². The molecule has 1 atom stereocenters. The van der Waals surface area contributed by atoms with E-state index in [1.165, 1.54) is 0 Å². The lowest BCUT2D eigenvalue weighted by atomic mass is 10.1. The van der Waals surface area contributed by atoms with Gasteiger partial charge in [-0.15, -0.1) is 11.3 Å². The highest BCUT2D eigenvalue weighted by molar-refractivity contribution is 7.10. The van der Waals surface area contributed by atoms with Gasteiger partial charge in [-0.05, 0) is 19.9 Å². The van der Waals surface area contributed by atoms with Crippen LogP contribution in [0.25, 0.3) is 0 Å². The topological polar surface area (TPSA) is 66.0 Å². The Labute approximate surface area is 111 Å². The summed E-state index contributed by atoms with van der Waals surface area (Å²) in [5, 5.41) is 6.17. The Hall–Kier alpha value is -1.40. The van der Waals surface area contributed by atoms with Crippen molar-refractivity contribution in [3.8, 4) is 5.75 Å². The third-order valence-electron chi connectivity index (χ3n) is 2.74. The van der Waals surface area contributed by atoms with Gasteiger partial charge in [-0.25, -0.2) is 9.67 Å². The van der Waals surface area contributed by atoms with Crippen LogP contribution >= 0.6 is 11.3 Å². The van der Waals surface area contributed by atoms with Crippen molar-refractivity contribution in [3.63, 3.8) is 0 Å². The summed E-state index contributed by atoms with van der Waals surface area (Å²) >= 11 is 1.61. The molecule has 0 saturated heterocycles. The van der Waals surface area contributed by atoms with Crippen LogP contribution in [-0.2, 0) is 6.42 Å². The number of ether oxygens (including phenoxy) is 1. The maximum atomic E-state index is 6.20. The normalized spacial score (nSPS) is 12.9. The maximum absolute atomic E-state index is 6.20. The summed E-state index contributed by atoms with van der Waals surface area (Å²) in [6.07, 6.45) is 2.26. The van der Waals surface area contributed by atoms with Gasteiger partial charge in [0, 0.05) is 28.8 Å². The molecule has 0 aliphatic heterocycles. The van der Waals surface area contributed by atoms with E-state index >= 15 is 0 Å². The van der Waals surface area contributed by atoms with Gasteiger partial charge in [0.05, 0.1) is 7.11 Å². The molecular weight excluding hydrogens is 248 g/mol. The highest BCUT2D eigenvalue weighted by Crippen LogP contribution is 2.27. The van der Waals surface area contributed by atoms with E-state index in [1.54, 1.807) is 24.8 Å². The van der Waals surface area contributed by atoms with E-state index < -0.39 is 0 Å². The number of hydrogen-bond acceptors (Lipinski definition) is 5. The molecule has 2 rings (SSSR count). The predicted octanol–water partition coefficient (Wildman–Crippen LogP) is 2.17. The molecule has 0 spiro atoms. The van der Waals surface area contributed by atoms with Crippen molar-refractivity contribution < 1.29 is 4.74 Å². The number of thiophene rings is 1. The van der Waals surface area contributed by atoms with E-state index in [0.29, 0.717) is 12.5 Å². The van der Waals surface area contributed by atoms with Gasteiger partial charge < -0.3 is 10.5 Å². The zero-order valence-electron chi connectivity index (χ0n) is 10.8. The molecule has 2 N–H and O–H groups in total. The summed E-state index contributed by atoms with van der Waals surface area (Å²) in [6.45, 7) is 4.16. The molecule has 1 unspecified atom stereocenters. The fourth-order valence-electron chi connectivity index (χ4n) is 1.78. The molecule has 6 heteroatoms. The molecule has 2 heterocycles. The van der Waals surface area contributed by atoms with Gasteiger partial charge in [0.2, 0.25) is 0 Å². The third kappa shape index (κ3) is 2.70. The monoisotopic (exact) mass is 266 g/mol. The first-order valence-electron chi connectivity index (χ1n) is 5.88. The second-order valence-electron chi connectivity index (χ2n) is 4.41. The molecule has 0 bridgehead atoms. The molecule has 98 valence electrons. The van der Waals surface area contributed by atoms with Gasteiger partial charge in [-0.1, -0.05) is 0 Å². The molecule has 0 radical (unpaired) electrons. The van der Waals surface area contributed by atoms with Crippen LogP contribution in [0.4, 0.5) is 0 Å². The fraction of sp³-hybridized carbons (Fsp3) is 0.500. The number of nitrogens with two attached hydrogens (primary N) is 1. The van der Waals surface area contributed by atoms with Crippen LogP contribution in [0, 0.1) is 0 Å². The number of nitrogens with zero attached hydrogens (tertiary/aromatic N) is 3. The van der Waals surface area contributed by atoms with Crippen molar-refractivity contribution in [2.45, 2.75) is 32.4 Å². The largest absolute Gasteiger partial charge is 0.496 e. The van der Waals surface area contributed by atoms with E-state index in [9.17, 15) is 0 Å². The first-order valence-corrected chi connectivity index (χ1v) is 6.76. The highest BCUT2D eigenvalue weighted by Gasteiger charge is 2.15. The molecule has 0 saturated carbocycles. The van der Waals surface area contributed by atoms with E-state index in [0.717, 1.165) is 16.5 Å². The maximum Gasteiger partial charge on any atom is 0.138 e. The molecule has 0 amide bonds. The predicted molar refractivity (Wildman–Crippen MR) is 71.9 cm³/mol. The summed E-state index contributed by atoms with van der Waals surface area (Å²) in [6, 6.07) is 2.21. The van der Waals surface area contributed by atoms with E-state index in [1.807, 2.05) is 16.1 Å². The fourth-order valence-corrected chi connectivity index (χ4v) is 2.64. The average molecular weight is 266 g/mol. The van der Waals surface area contributed by atoms with Gasteiger partial charge in [0.25, 0.3) is 0 Å². The molecule has 2 aromatic heterocycles. The Kier molecular flexibility index (Phi) is 3.98. The number of rotatable bonds is 5. The first-order chi connectivity index (χ1) is 8.61. The molecule has 0 aliphatic carbocycles. The Morgan fingerprint density at radius 1 is 1.50 bits per heavy atom. The van der Waals surface area contributed by atoms with Crippen molar-refractivity contribution in [1.82, 2.24) is 14.8 Å². The van der Waals surface area contributed by atoms with Gasteiger partial charge in [-0.3, -0.25) is 0 Å². The van der Waals surface area contributed by atoms with Gasteiger partial charge in [0.1, 0.15) is 17.9 Å². The first kappa shape index (κ1) is 13.0. The van der Waals surface area contributed by atoms with Crippen LogP contribution in [0.15, 0.2) is 17.8 Å². The van der Waals surface area contributed by atoms with Crippen LogP contribution in [0.1, 0.15) is 36.6 Å². The minimum atomic E-state index is -0.0689. The van der Waals surface area contributed by atoms with Crippen LogP contribution in [0.2, 0.25) is 0 Å². The van der Waals surface area contributed by atoms with Crippen molar-refractivity contribution in [2.75, 3.05) is 7.11 Å². The lowest BCUT2D eigenvalue weighted by molar-refractivity contribution is 0.416. The number of methoxy groups -OCH3 is 1. The average Bonchev–Trinajstić information content (AvgIpc) is 2.96. The SMILES string of the molecule is COc1csc(C(N)Cc2ncnn2C(C)C)c1. The Morgan fingerprint density at radius 2 is 2.28 bits per heavy atom. The standard InChI is InChI=1S/C12H18N4OS/c1-8(2)16-12(14-7-15-16)5-10(13)11-4-9(17-3)6-18-11/h4,6-8,10H,5,13H2,1-3H3. The summed E-state index contributed by atoms with van der Waals surface area (Å²) in [5.74, 6) is 1.78. The molecule has 0 fully saturated rings. The molecule has 5 nitrogen and oxygen atoms in total. The molecule has 0 aromatic carbocycles. The lowest BCUT2D eigenvalue weighted by Crippen LogP contribution is -2.17. The molecule has 0 aliphatic rings. The zero-order valence-corrected chi connectivity index (χ0v) is 11.6. The Morgan fingerprint density at radius 3 is 2.89 bits per heavy atom. The second kappa shape index (κ2) is 5.49. The summed E-state index contributed by atoms with van der Waals surface area (Å²) in [4.78, 5) is 5.38. The Balaban J connectivity index is 2.11. The highest BCUT2D eigenvalue weighted by atomic mass is 32.1. The lowest BCUT2D eigenvalue weighted by Gasteiger charge is -2.12. The Bertz CT molecular complexity index is 506. The summed E-state index contributed by atoms with van der Waals surface area (Å²) in [5.41, 5.74) is 6.20. The third-order valence-corrected chi connectivity index (χ3v) is 3.78. The van der Waals surface area contributed by atoms with Crippen molar-refractivity contribution in [3.05, 3.63) is 28.5 Å². The quantitative estimate of drug-likeness (QED) is 0.900. The van der Waals surface area contributed by atoms with E-state index in [4.69, 9.17) is 10.5 Å². The van der Waals surface area contributed by atoms with Crippen molar-refractivity contribution in [1.29, 1.82) is 0 Å². The van der Waals surface area contributed by atoms with Crippen LogP contribution < -0.4 is 10.5 Å². The molecular formula is C12H18N4OS. The minimum Gasteiger partial charge on any atom is -0.496 e. The van der Waals surface area contributed by atoms with Crippen molar-refractivity contribution in [2.24, 2.45) is 5.73 Å². The smallest absolute Gasteiger partial charge is 0.138 e. The summed E-state index contributed by atoms with van der Waals surface area (Å²) in [7, 11) is 1.66. The zero-order chi connectivity index (χ0) is 13.1. The number of hydrogen-bond donors (Lipinski definition) is 1. The minimum absolute atomic E-state index is 0.0689. The summed E-state index contributed by atoms with van der Waals surface area (Å²) < 4.78 is 7.07. The van der Waals surface area contributed by atoms with E-state index in [-0.39, 0.29) is 6.04 Å².